The van der Waals surface area contributed by atoms with Gasteiger partial charge >= 0.3 is 6.18 Å². The topological polar surface area (TPSA) is 24.5 Å². The Hall–Kier alpha value is -1.21. The van der Waals surface area contributed by atoms with Gasteiger partial charge in [0.25, 0.3) is 0 Å². The van der Waals surface area contributed by atoms with E-state index in [4.69, 9.17) is 4.74 Å². The van der Waals surface area contributed by atoms with Crippen LogP contribution in [0.4, 0.5) is 13.2 Å². The summed E-state index contributed by atoms with van der Waals surface area (Å²) >= 11 is 0. The van der Waals surface area contributed by atoms with E-state index in [0.29, 0.717) is 31.6 Å². The zero-order valence-electron chi connectivity index (χ0n) is 13.7. The molecule has 0 amide bonds. The highest BCUT2D eigenvalue weighted by molar-refractivity contribution is 5.88. The fourth-order valence-corrected chi connectivity index (χ4v) is 3.23. The molecule has 0 radical (unpaired) electrons. The van der Waals surface area contributed by atoms with E-state index < -0.39 is 12.2 Å². The Bertz CT molecular complexity index is 691. The Kier molecular flexibility index (Phi) is 7.81. The molecule has 1 fully saturated rings. The summed E-state index contributed by atoms with van der Waals surface area (Å²) in [4.78, 5) is 1.49. The average Bonchev–Trinajstić information content (AvgIpc) is 2.55. The van der Waals surface area contributed by atoms with Crippen LogP contribution in [0.1, 0.15) is 11.6 Å². The monoisotopic (exact) mass is 396 g/mol. The number of methoxy groups -OCH3 is 1. The van der Waals surface area contributed by atoms with Gasteiger partial charge in [0.2, 0.25) is 0 Å². The molecule has 1 aliphatic rings. The lowest BCUT2D eigenvalue weighted by molar-refractivity contribution is -0.187. The molecule has 0 saturated carbocycles. The van der Waals surface area contributed by atoms with Gasteiger partial charge < -0.3 is 10.1 Å². The number of hydrogen-bond donors (Lipinski definition) is 1. The number of benzene rings is 2. The van der Waals surface area contributed by atoms with E-state index in [1.165, 1.54) is 12.0 Å². The highest BCUT2D eigenvalue weighted by atomic mass is 35.5. The van der Waals surface area contributed by atoms with Crippen LogP contribution in [-0.2, 0) is 0 Å². The molecule has 1 saturated heterocycles. The standard InChI is InChI=1S/C17H19F3N2O.2ClH/c1-23-14-7-6-12-4-2-3-5-13(12)15(14)16(17(18,19)20)22-10-8-21-9-11-22;;/h2-7,16,21H,8-11H2,1H3;2*1H/t16-;;/m0../s1. The second kappa shape index (κ2) is 8.94. The summed E-state index contributed by atoms with van der Waals surface area (Å²) in [6.07, 6.45) is -4.37. The minimum atomic E-state index is -4.37. The minimum Gasteiger partial charge on any atom is -0.496 e. The number of halogens is 5. The van der Waals surface area contributed by atoms with Gasteiger partial charge in [0.05, 0.1) is 7.11 Å². The molecule has 1 N–H and O–H groups in total. The van der Waals surface area contributed by atoms with Crippen molar-refractivity contribution < 1.29 is 17.9 Å². The zero-order chi connectivity index (χ0) is 16.4. The van der Waals surface area contributed by atoms with Gasteiger partial charge in [-0.05, 0) is 16.8 Å². The molecule has 8 heteroatoms. The van der Waals surface area contributed by atoms with E-state index in [1.807, 2.05) is 12.1 Å². The summed E-state index contributed by atoms with van der Waals surface area (Å²) in [5, 5.41) is 4.47. The van der Waals surface area contributed by atoms with Gasteiger partial charge in [-0.1, -0.05) is 30.3 Å². The van der Waals surface area contributed by atoms with Gasteiger partial charge in [-0.15, -0.1) is 24.8 Å². The normalized spacial score (nSPS) is 16.6. The van der Waals surface area contributed by atoms with Crippen LogP contribution >= 0.6 is 24.8 Å². The Morgan fingerprint density at radius 2 is 1.68 bits per heavy atom. The summed E-state index contributed by atoms with van der Waals surface area (Å²) in [5.74, 6) is 0.282. The number of nitrogens with one attached hydrogen (secondary N) is 1. The number of nitrogens with zero attached hydrogens (tertiary/aromatic N) is 1. The molecular formula is C17H21Cl2F3N2O. The van der Waals surface area contributed by atoms with Crippen molar-refractivity contribution in [3.63, 3.8) is 0 Å². The van der Waals surface area contributed by atoms with E-state index in [2.05, 4.69) is 5.32 Å². The minimum absolute atomic E-state index is 0. The SMILES string of the molecule is COc1ccc2ccccc2c1[C@H](N1CCNCC1)C(F)(F)F.Cl.Cl. The van der Waals surface area contributed by atoms with E-state index >= 15 is 0 Å². The summed E-state index contributed by atoms with van der Waals surface area (Å²) in [6, 6.07) is 8.90. The first-order chi connectivity index (χ1) is 11.0. The van der Waals surface area contributed by atoms with Crippen LogP contribution in [0.2, 0.25) is 0 Å². The highest BCUT2D eigenvalue weighted by Gasteiger charge is 2.46. The average molecular weight is 397 g/mol. The Morgan fingerprint density at radius 1 is 1.04 bits per heavy atom. The molecule has 25 heavy (non-hydrogen) atoms. The predicted molar refractivity (Wildman–Crippen MR) is 98.2 cm³/mol. The number of fused-ring (bicyclic) bond motifs is 1. The fraction of sp³-hybridized carbons (Fsp3) is 0.412. The lowest BCUT2D eigenvalue weighted by Crippen LogP contribution is -2.49. The third kappa shape index (κ3) is 4.50. The maximum atomic E-state index is 13.9. The van der Waals surface area contributed by atoms with Crippen molar-refractivity contribution in [1.29, 1.82) is 0 Å². The van der Waals surface area contributed by atoms with E-state index in [9.17, 15) is 13.2 Å². The predicted octanol–water partition coefficient (Wildman–Crippen LogP) is 4.20. The number of ether oxygens (including phenoxy) is 1. The molecule has 2 aromatic carbocycles. The molecule has 1 aliphatic heterocycles. The van der Waals surface area contributed by atoms with Crippen molar-refractivity contribution in [2.24, 2.45) is 0 Å². The van der Waals surface area contributed by atoms with Crippen molar-refractivity contribution in [3.8, 4) is 5.75 Å². The summed E-state index contributed by atoms with van der Waals surface area (Å²) in [5.41, 5.74) is 0.208. The Labute approximate surface area is 157 Å². The Morgan fingerprint density at radius 3 is 2.28 bits per heavy atom. The van der Waals surface area contributed by atoms with Crippen LogP contribution < -0.4 is 10.1 Å². The first-order valence-corrected chi connectivity index (χ1v) is 7.59. The second-order valence-electron chi connectivity index (χ2n) is 5.63. The first-order valence-electron chi connectivity index (χ1n) is 7.59. The van der Waals surface area contributed by atoms with Crippen molar-refractivity contribution >= 4 is 35.6 Å². The van der Waals surface area contributed by atoms with Gasteiger partial charge in [0.15, 0.2) is 0 Å². The second-order valence-corrected chi connectivity index (χ2v) is 5.63. The summed E-state index contributed by atoms with van der Waals surface area (Å²) in [7, 11) is 1.42. The number of rotatable bonds is 3. The molecule has 1 heterocycles. The van der Waals surface area contributed by atoms with Crippen molar-refractivity contribution in [1.82, 2.24) is 10.2 Å². The lowest BCUT2D eigenvalue weighted by atomic mass is 9.95. The highest BCUT2D eigenvalue weighted by Crippen LogP contribution is 2.44. The smallest absolute Gasteiger partial charge is 0.408 e. The van der Waals surface area contributed by atoms with Gasteiger partial charge in [-0.2, -0.15) is 13.2 Å². The lowest BCUT2D eigenvalue weighted by Gasteiger charge is -2.37. The quantitative estimate of drug-likeness (QED) is 0.841. The third-order valence-corrected chi connectivity index (χ3v) is 4.25. The van der Waals surface area contributed by atoms with Gasteiger partial charge in [0, 0.05) is 31.7 Å². The molecule has 3 nitrogen and oxygen atoms in total. The van der Waals surface area contributed by atoms with Crippen LogP contribution in [0, 0.1) is 0 Å². The maximum absolute atomic E-state index is 13.9. The molecule has 0 spiro atoms. The first kappa shape index (κ1) is 21.8. The zero-order valence-corrected chi connectivity index (χ0v) is 15.3. The summed E-state index contributed by atoms with van der Waals surface area (Å²) < 4.78 is 47.0. The summed E-state index contributed by atoms with van der Waals surface area (Å²) in [6.45, 7) is 1.83. The van der Waals surface area contributed by atoms with Crippen LogP contribution in [0.5, 0.6) is 5.75 Å². The maximum Gasteiger partial charge on any atom is 0.408 e. The molecule has 3 rings (SSSR count). The fourth-order valence-electron chi connectivity index (χ4n) is 3.23. The molecule has 0 unspecified atom stereocenters. The molecule has 0 aliphatic carbocycles. The largest absolute Gasteiger partial charge is 0.496 e. The van der Waals surface area contributed by atoms with Crippen LogP contribution in [-0.4, -0.2) is 44.4 Å². The van der Waals surface area contributed by atoms with Crippen LogP contribution in [0.3, 0.4) is 0 Å². The number of piperazine rings is 1. The number of hydrogen-bond acceptors (Lipinski definition) is 3. The molecule has 140 valence electrons. The van der Waals surface area contributed by atoms with Crippen LogP contribution in [0.15, 0.2) is 36.4 Å². The molecular weight excluding hydrogens is 376 g/mol. The number of alkyl halides is 3. The van der Waals surface area contributed by atoms with Crippen molar-refractivity contribution in [2.75, 3.05) is 33.3 Å². The van der Waals surface area contributed by atoms with E-state index in [0.717, 1.165) is 5.39 Å². The van der Waals surface area contributed by atoms with Crippen molar-refractivity contribution in [2.45, 2.75) is 12.2 Å². The van der Waals surface area contributed by atoms with Gasteiger partial charge in [-0.3, -0.25) is 4.90 Å². The molecule has 0 aromatic heterocycles. The third-order valence-electron chi connectivity index (χ3n) is 4.25. The van der Waals surface area contributed by atoms with E-state index in [-0.39, 0.29) is 36.1 Å². The Balaban J connectivity index is 0.00000156. The van der Waals surface area contributed by atoms with Crippen molar-refractivity contribution in [3.05, 3.63) is 42.0 Å². The molecule has 1 atom stereocenters. The molecule has 0 bridgehead atoms. The van der Waals surface area contributed by atoms with Gasteiger partial charge in [-0.25, -0.2) is 0 Å². The van der Waals surface area contributed by atoms with E-state index in [1.54, 1.807) is 24.3 Å². The van der Waals surface area contributed by atoms with Gasteiger partial charge in [0.1, 0.15) is 11.8 Å². The van der Waals surface area contributed by atoms with Crippen LogP contribution in [0.25, 0.3) is 10.8 Å². The molecule has 2 aromatic rings.